The second-order valence-corrected chi connectivity index (χ2v) is 3.87. The Morgan fingerprint density at radius 2 is 1.50 bits per heavy atom. The van der Waals surface area contributed by atoms with Crippen LogP contribution >= 0.6 is 0 Å². The van der Waals surface area contributed by atoms with Gasteiger partial charge in [0.15, 0.2) is 0 Å². The summed E-state index contributed by atoms with van der Waals surface area (Å²) in [6, 6.07) is 0. The van der Waals surface area contributed by atoms with Gasteiger partial charge in [0.25, 0.3) is 0 Å². The summed E-state index contributed by atoms with van der Waals surface area (Å²) in [5.41, 5.74) is 0.834. The summed E-state index contributed by atoms with van der Waals surface area (Å²) in [5.74, 6) is -2.19. The molecule has 0 atom stereocenters. The first-order valence-electron chi connectivity index (χ1n) is 6.17. The van der Waals surface area contributed by atoms with Gasteiger partial charge in [0.05, 0.1) is 6.42 Å². The summed E-state index contributed by atoms with van der Waals surface area (Å²) in [6.07, 6.45) is 4.38. The highest BCUT2D eigenvalue weighted by Gasteiger charge is 2.16. The van der Waals surface area contributed by atoms with Crippen molar-refractivity contribution < 1.29 is 19.8 Å². The lowest BCUT2D eigenvalue weighted by Gasteiger charge is -2.09. The number of carboxylic acids is 2. The zero-order valence-electron chi connectivity index (χ0n) is 11.5. The number of aliphatic carboxylic acids is 2. The van der Waals surface area contributed by atoms with Gasteiger partial charge < -0.3 is 10.2 Å². The molecule has 0 saturated heterocycles. The first-order chi connectivity index (χ1) is 8.44. The average Bonchev–Trinajstić information content (AvgIpc) is 2.26. The van der Waals surface area contributed by atoms with E-state index in [9.17, 15) is 9.59 Å². The van der Waals surface area contributed by atoms with Crippen LogP contribution in [0.2, 0.25) is 0 Å². The third-order valence-electron chi connectivity index (χ3n) is 2.12. The van der Waals surface area contributed by atoms with Gasteiger partial charge in [-0.15, -0.1) is 6.58 Å². The number of carbonyl (C=O) groups is 2. The highest BCUT2D eigenvalue weighted by atomic mass is 16.4. The molecule has 4 nitrogen and oxygen atoms in total. The summed E-state index contributed by atoms with van der Waals surface area (Å²) in [6.45, 7) is 9.16. The van der Waals surface area contributed by atoms with Crippen molar-refractivity contribution in [1.82, 2.24) is 0 Å². The molecule has 0 radical (unpaired) electrons. The van der Waals surface area contributed by atoms with E-state index in [1.54, 1.807) is 6.08 Å². The van der Waals surface area contributed by atoms with Gasteiger partial charge in [0, 0.05) is 5.57 Å². The zero-order chi connectivity index (χ0) is 14.6. The molecule has 0 rings (SSSR count). The Balaban J connectivity index is 0. The third kappa shape index (κ3) is 9.63. The monoisotopic (exact) mass is 256 g/mol. The maximum absolute atomic E-state index is 10.9. The van der Waals surface area contributed by atoms with Gasteiger partial charge in [-0.3, -0.25) is 4.79 Å². The maximum Gasteiger partial charge on any atom is 0.332 e. The van der Waals surface area contributed by atoms with Crippen LogP contribution in [0, 0.1) is 0 Å². The SMILES string of the molecule is C=CC.CCCC(CCC)=C(CC(=O)O)C(=O)O. The van der Waals surface area contributed by atoms with E-state index in [1.807, 2.05) is 20.8 Å². The van der Waals surface area contributed by atoms with E-state index in [-0.39, 0.29) is 12.0 Å². The number of hydrogen-bond acceptors (Lipinski definition) is 2. The molecular formula is C14H24O4. The fourth-order valence-electron chi connectivity index (χ4n) is 1.53. The molecule has 0 bridgehead atoms. The van der Waals surface area contributed by atoms with Crippen molar-refractivity contribution in [3.8, 4) is 0 Å². The van der Waals surface area contributed by atoms with Gasteiger partial charge in [-0.05, 0) is 19.8 Å². The Morgan fingerprint density at radius 3 is 1.72 bits per heavy atom. The molecule has 0 aromatic rings. The van der Waals surface area contributed by atoms with Crippen molar-refractivity contribution in [2.45, 2.75) is 52.9 Å². The smallest absolute Gasteiger partial charge is 0.332 e. The van der Waals surface area contributed by atoms with Crippen LogP contribution in [0.15, 0.2) is 23.8 Å². The first-order valence-corrected chi connectivity index (χ1v) is 6.17. The normalized spacial score (nSPS) is 8.83. The summed E-state index contributed by atoms with van der Waals surface area (Å²) in [7, 11) is 0. The molecule has 0 aliphatic heterocycles. The van der Waals surface area contributed by atoms with Gasteiger partial charge in [0.2, 0.25) is 0 Å². The predicted molar refractivity (Wildman–Crippen MR) is 72.6 cm³/mol. The van der Waals surface area contributed by atoms with Crippen LogP contribution in [-0.2, 0) is 9.59 Å². The largest absolute Gasteiger partial charge is 0.481 e. The van der Waals surface area contributed by atoms with Crippen LogP contribution in [0.1, 0.15) is 52.9 Å². The van der Waals surface area contributed by atoms with Crippen LogP contribution in [0.4, 0.5) is 0 Å². The minimum Gasteiger partial charge on any atom is -0.481 e. The lowest BCUT2D eigenvalue weighted by Crippen LogP contribution is -2.10. The van der Waals surface area contributed by atoms with Gasteiger partial charge in [-0.2, -0.15) is 0 Å². The molecule has 2 N–H and O–H groups in total. The zero-order valence-corrected chi connectivity index (χ0v) is 11.5. The predicted octanol–water partition coefficient (Wildman–Crippen LogP) is 3.63. The summed E-state index contributed by atoms with van der Waals surface area (Å²) in [4.78, 5) is 21.4. The molecule has 0 heterocycles. The Hall–Kier alpha value is -1.58. The van der Waals surface area contributed by atoms with E-state index in [1.165, 1.54) is 0 Å². The van der Waals surface area contributed by atoms with E-state index in [4.69, 9.17) is 10.2 Å². The minimum atomic E-state index is -1.10. The molecule has 4 heteroatoms. The molecule has 0 aliphatic rings. The van der Waals surface area contributed by atoms with E-state index < -0.39 is 11.9 Å². The lowest BCUT2D eigenvalue weighted by atomic mass is 9.97. The van der Waals surface area contributed by atoms with Crippen molar-refractivity contribution >= 4 is 11.9 Å². The number of hydrogen-bond donors (Lipinski definition) is 2. The molecule has 0 aliphatic carbocycles. The summed E-state index contributed by atoms with van der Waals surface area (Å²) in [5, 5.41) is 17.5. The highest BCUT2D eigenvalue weighted by molar-refractivity contribution is 5.92. The molecule has 0 aromatic heterocycles. The Kier molecular flexibility index (Phi) is 12.4. The third-order valence-corrected chi connectivity index (χ3v) is 2.12. The molecule has 0 unspecified atom stereocenters. The van der Waals surface area contributed by atoms with Crippen molar-refractivity contribution in [3.05, 3.63) is 23.8 Å². The number of carboxylic acid groups (broad SMARTS) is 2. The molecule has 104 valence electrons. The molecule has 18 heavy (non-hydrogen) atoms. The van der Waals surface area contributed by atoms with Crippen molar-refractivity contribution in [2.24, 2.45) is 0 Å². The van der Waals surface area contributed by atoms with Gasteiger partial charge in [-0.25, -0.2) is 4.79 Å². The maximum atomic E-state index is 10.9. The lowest BCUT2D eigenvalue weighted by molar-refractivity contribution is -0.139. The van der Waals surface area contributed by atoms with Crippen molar-refractivity contribution in [1.29, 1.82) is 0 Å². The van der Waals surface area contributed by atoms with Crippen LogP contribution in [0.5, 0.6) is 0 Å². The second kappa shape index (κ2) is 11.9. The molecule has 0 amide bonds. The fourth-order valence-corrected chi connectivity index (χ4v) is 1.53. The topological polar surface area (TPSA) is 74.6 Å². The quantitative estimate of drug-likeness (QED) is 0.538. The van der Waals surface area contributed by atoms with E-state index in [0.29, 0.717) is 12.8 Å². The minimum absolute atomic E-state index is 0.0613. The highest BCUT2D eigenvalue weighted by Crippen LogP contribution is 2.20. The van der Waals surface area contributed by atoms with E-state index in [0.717, 1.165) is 18.4 Å². The van der Waals surface area contributed by atoms with E-state index in [2.05, 4.69) is 6.58 Å². The van der Waals surface area contributed by atoms with Gasteiger partial charge in [-0.1, -0.05) is 38.3 Å². The second-order valence-electron chi connectivity index (χ2n) is 3.87. The van der Waals surface area contributed by atoms with Gasteiger partial charge in [0.1, 0.15) is 0 Å². The number of rotatable bonds is 7. The Morgan fingerprint density at radius 1 is 1.11 bits per heavy atom. The van der Waals surface area contributed by atoms with Crippen LogP contribution in [-0.4, -0.2) is 22.2 Å². The summed E-state index contributed by atoms with van der Waals surface area (Å²) < 4.78 is 0. The fraction of sp³-hybridized carbons (Fsp3) is 0.571. The molecule has 0 fully saturated rings. The molecular weight excluding hydrogens is 232 g/mol. The Labute approximate surface area is 109 Å². The summed E-state index contributed by atoms with van der Waals surface area (Å²) >= 11 is 0. The molecule has 0 spiro atoms. The van der Waals surface area contributed by atoms with Crippen LogP contribution < -0.4 is 0 Å². The molecule has 0 saturated carbocycles. The number of allylic oxidation sites excluding steroid dienone is 2. The molecule has 0 aromatic carbocycles. The van der Waals surface area contributed by atoms with E-state index >= 15 is 0 Å². The van der Waals surface area contributed by atoms with Crippen LogP contribution in [0.25, 0.3) is 0 Å². The average molecular weight is 256 g/mol. The van der Waals surface area contributed by atoms with Crippen molar-refractivity contribution in [2.75, 3.05) is 0 Å². The first kappa shape index (κ1) is 18.8. The van der Waals surface area contributed by atoms with Crippen molar-refractivity contribution in [3.63, 3.8) is 0 Å². The van der Waals surface area contributed by atoms with Gasteiger partial charge >= 0.3 is 11.9 Å². The standard InChI is InChI=1S/C11H18O4.C3H6/c1-3-5-8(6-4-2)9(11(14)15)7-10(12)13;1-3-2/h3-7H2,1-2H3,(H,12,13)(H,14,15);3H,1H2,2H3. The van der Waals surface area contributed by atoms with Crippen LogP contribution in [0.3, 0.4) is 0 Å². The Bertz CT molecular complexity index is 295.